The molecule has 0 aliphatic carbocycles. The highest BCUT2D eigenvalue weighted by Crippen LogP contribution is 2.14. The molecule has 22 heavy (non-hydrogen) atoms. The molecule has 5 nitrogen and oxygen atoms in total. The summed E-state index contributed by atoms with van der Waals surface area (Å²) in [5.74, 6) is 0.137. The van der Waals surface area contributed by atoms with Crippen LogP contribution in [-0.4, -0.2) is 24.1 Å². The van der Waals surface area contributed by atoms with Gasteiger partial charge in [-0.05, 0) is 30.9 Å². The number of aryl methyl sites for hydroxylation is 1. The highest BCUT2D eigenvalue weighted by molar-refractivity contribution is 7.89. The number of H-pyrrole nitrogens is 1. The Labute approximate surface area is 136 Å². The van der Waals surface area contributed by atoms with Crippen LogP contribution in [0.5, 0.6) is 0 Å². The molecule has 1 heterocycles. The maximum Gasteiger partial charge on any atom is 0.211 e. The predicted molar refractivity (Wildman–Crippen MR) is 88.2 cm³/mol. The molecular formula is C15H20ClN3O2S. The highest BCUT2D eigenvalue weighted by atomic mass is 35.5. The number of aromatic nitrogens is 2. The third-order valence-corrected chi connectivity index (χ3v) is 5.12. The minimum atomic E-state index is -3.26. The lowest BCUT2D eigenvalue weighted by Gasteiger charge is -2.08. The van der Waals surface area contributed by atoms with Gasteiger partial charge in [0.25, 0.3) is 0 Å². The number of imidazole rings is 1. The van der Waals surface area contributed by atoms with Crippen molar-refractivity contribution in [2.75, 3.05) is 5.75 Å². The zero-order valence-electron chi connectivity index (χ0n) is 12.3. The summed E-state index contributed by atoms with van der Waals surface area (Å²) in [6, 6.07) is 7.22. The number of aromatic amines is 1. The van der Waals surface area contributed by atoms with E-state index in [2.05, 4.69) is 14.7 Å². The first-order valence-corrected chi connectivity index (χ1v) is 9.28. The molecule has 0 aliphatic heterocycles. The zero-order valence-corrected chi connectivity index (χ0v) is 13.8. The Morgan fingerprint density at radius 2 is 2.00 bits per heavy atom. The summed E-state index contributed by atoms with van der Waals surface area (Å²) < 4.78 is 26.5. The van der Waals surface area contributed by atoms with Crippen LogP contribution in [0.15, 0.2) is 36.8 Å². The summed E-state index contributed by atoms with van der Waals surface area (Å²) in [5.41, 5.74) is 1.80. The van der Waals surface area contributed by atoms with E-state index in [9.17, 15) is 8.42 Å². The van der Waals surface area contributed by atoms with E-state index in [1.807, 2.05) is 24.4 Å². The fourth-order valence-corrected chi connectivity index (χ4v) is 3.41. The van der Waals surface area contributed by atoms with Crippen molar-refractivity contribution < 1.29 is 8.42 Å². The summed E-state index contributed by atoms with van der Waals surface area (Å²) in [6.45, 7) is 0.231. The van der Waals surface area contributed by atoms with Crippen molar-refractivity contribution >= 4 is 21.6 Å². The maximum atomic E-state index is 11.9. The second kappa shape index (κ2) is 8.31. The van der Waals surface area contributed by atoms with E-state index in [1.54, 1.807) is 12.4 Å². The summed E-state index contributed by atoms with van der Waals surface area (Å²) in [4.78, 5) is 7.04. The van der Waals surface area contributed by atoms with Crippen molar-refractivity contribution in [3.63, 3.8) is 0 Å². The Balaban J connectivity index is 1.67. The molecule has 0 saturated heterocycles. The molecule has 1 aromatic heterocycles. The number of rotatable bonds is 9. The number of hydrogen-bond donors (Lipinski definition) is 2. The molecule has 120 valence electrons. The Morgan fingerprint density at radius 1 is 1.18 bits per heavy atom. The van der Waals surface area contributed by atoms with Gasteiger partial charge in [-0.2, -0.15) is 0 Å². The lowest BCUT2D eigenvalue weighted by Crippen LogP contribution is -2.26. The molecule has 0 amide bonds. The van der Waals surface area contributed by atoms with Crippen LogP contribution in [0.1, 0.15) is 30.5 Å². The average molecular weight is 342 g/mol. The van der Waals surface area contributed by atoms with Gasteiger partial charge in [0.05, 0.1) is 17.8 Å². The number of hydrogen-bond acceptors (Lipinski definition) is 3. The van der Waals surface area contributed by atoms with Gasteiger partial charge in [0.15, 0.2) is 0 Å². The molecular weight excluding hydrogens is 322 g/mol. The molecule has 0 atom stereocenters. The number of unbranched alkanes of at least 4 members (excludes halogenated alkanes) is 2. The van der Waals surface area contributed by atoms with Crippen LogP contribution in [0.25, 0.3) is 0 Å². The Hall–Kier alpha value is -1.37. The fourth-order valence-electron chi connectivity index (χ4n) is 2.10. The van der Waals surface area contributed by atoms with Gasteiger partial charge < -0.3 is 4.98 Å². The third-order valence-electron chi connectivity index (χ3n) is 3.34. The normalized spacial score (nSPS) is 11.7. The van der Waals surface area contributed by atoms with Crippen molar-refractivity contribution in [3.05, 3.63) is 53.1 Å². The van der Waals surface area contributed by atoms with E-state index in [4.69, 9.17) is 11.6 Å². The average Bonchev–Trinajstić information content (AvgIpc) is 2.99. The Morgan fingerprint density at radius 3 is 2.73 bits per heavy atom. The largest absolute Gasteiger partial charge is 0.351 e. The third kappa shape index (κ3) is 5.79. The van der Waals surface area contributed by atoms with Crippen molar-refractivity contribution in [2.45, 2.75) is 32.2 Å². The molecule has 0 fully saturated rings. The summed E-state index contributed by atoms with van der Waals surface area (Å²) >= 11 is 6.00. The van der Waals surface area contributed by atoms with Gasteiger partial charge in [0, 0.05) is 17.8 Å². The van der Waals surface area contributed by atoms with Gasteiger partial charge in [-0.15, -0.1) is 0 Å². The Bertz CT molecular complexity index is 672. The van der Waals surface area contributed by atoms with Crippen LogP contribution in [-0.2, 0) is 23.0 Å². The first kappa shape index (κ1) is 17.0. The quantitative estimate of drug-likeness (QED) is 0.689. The van der Waals surface area contributed by atoms with Crippen molar-refractivity contribution in [2.24, 2.45) is 0 Å². The second-order valence-corrected chi connectivity index (χ2v) is 7.44. The van der Waals surface area contributed by atoms with Crippen LogP contribution < -0.4 is 4.72 Å². The first-order valence-electron chi connectivity index (χ1n) is 7.25. The molecule has 0 spiro atoms. The second-order valence-electron chi connectivity index (χ2n) is 5.10. The lowest BCUT2D eigenvalue weighted by molar-refractivity contribution is 0.575. The smallest absolute Gasteiger partial charge is 0.211 e. The molecule has 0 unspecified atom stereocenters. The molecule has 0 aliphatic rings. The predicted octanol–water partition coefficient (Wildman–Crippen LogP) is 2.90. The van der Waals surface area contributed by atoms with E-state index < -0.39 is 10.0 Å². The van der Waals surface area contributed by atoms with Crippen LogP contribution in [0, 0.1) is 0 Å². The zero-order chi connectivity index (χ0) is 15.8. The summed E-state index contributed by atoms with van der Waals surface area (Å²) in [5, 5.41) is 0.573. The molecule has 0 saturated carbocycles. The van der Waals surface area contributed by atoms with Crippen LogP contribution in [0.3, 0.4) is 0 Å². The number of nitrogens with zero attached hydrogens (tertiary/aromatic N) is 1. The summed E-state index contributed by atoms with van der Waals surface area (Å²) in [7, 11) is -3.26. The molecule has 7 heteroatoms. The number of nitrogens with one attached hydrogen (secondary N) is 2. The standard InChI is InChI=1S/C15H20ClN3O2S/c16-15-8-4-3-6-13(15)10-19-22(20,21)9-5-1-2-7-14-11-17-12-18-14/h3-4,6,8,11-12,19H,1-2,5,7,9-10H2,(H,17,18). The molecule has 2 N–H and O–H groups in total. The number of sulfonamides is 1. The minimum absolute atomic E-state index is 0.137. The van der Waals surface area contributed by atoms with Gasteiger partial charge in [0.1, 0.15) is 0 Å². The van der Waals surface area contributed by atoms with Crippen molar-refractivity contribution in [3.8, 4) is 0 Å². The lowest BCUT2D eigenvalue weighted by atomic mass is 10.2. The Kier molecular flexibility index (Phi) is 6.42. The molecule has 2 rings (SSSR count). The molecule has 0 radical (unpaired) electrons. The number of halogens is 1. The van der Waals surface area contributed by atoms with Crippen molar-refractivity contribution in [1.82, 2.24) is 14.7 Å². The van der Waals surface area contributed by atoms with E-state index >= 15 is 0 Å². The van der Waals surface area contributed by atoms with Crippen LogP contribution >= 0.6 is 11.6 Å². The SMILES string of the molecule is O=S(=O)(CCCCCc1c[nH]cn1)NCc1ccccc1Cl. The topological polar surface area (TPSA) is 74.8 Å². The van der Waals surface area contributed by atoms with Gasteiger partial charge in [0.2, 0.25) is 10.0 Å². The summed E-state index contributed by atoms with van der Waals surface area (Å²) in [6.07, 6.45) is 6.82. The first-order chi connectivity index (χ1) is 10.6. The monoisotopic (exact) mass is 341 g/mol. The highest BCUT2D eigenvalue weighted by Gasteiger charge is 2.10. The molecule has 2 aromatic rings. The van der Waals surface area contributed by atoms with E-state index in [1.165, 1.54) is 0 Å². The van der Waals surface area contributed by atoms with E-state index in [-0.39, 0.29) is 12.3 Å². The molecule has 1 aromatic carbocycles. The van der Waals surface area contributed by atoms with E-state index in [0.29, 0.717) is 11.4 Å². The van der Waals surface area contributed by atoms with Gasteiger partial charge in [-0.1, -0.05) is 36.2 Å². The minimum Gasteiger partial charge on any atom is -0.351 e. The van der Waals surface area contributed by atoms with Crippen LogP contribution in [0.2, 0.25) is 5.02 Å². The van der Waals surface area contributed by atoms with Crippen molar-refractivity contribution in [1.29, 1.82) is 0 Å². The van der Waals surface area contributed by atoms with E-state index in [0.717, 1.165) is 30.5 Å². The fraction of sp³-hybridized carbons (Fsp3) is 0.400. The number of benzene rings is 1. The van der Waals surface area contributed by atoms with Gasteiger partial charge >= 0.3 is 0 Å². The van der Waals surface area contributed by atoms with Gasteiger partial charge in [-0.25, -0.2) is 18.1 Å². The van der Waals surface area contributed by atoms with Gasteiger partial charge in [-0.3, -0.25) is 0 Å². The molecule has 0 bridgehead atoms. The van der Waals surface area contributed by atoms with Crippen LogP contribution in [0.4, 0.5) is 0 Å². The maximum absolute atomic E-state index is 11.9.